The van der Waals surface area contributed by atoms with Crippen LogP contribution in [0, 0.1) is 13.8 Å². The van der Waals surface area contributed by atoms with Gasteiger partial charge >= 0.3 is 0 Å². The number of aromatic hydroxyl groups is 1. The van der Waals surface area contributed by atoms with Crippen LogP contribution in [-0.2, 0) is 0 Å². The Kier molecular flexibility index (Phi) is 4.68. The van der Waals surface area contributed by atoms with Crippen molar-refractivity contribution in [2.75, 3.05) is 0 Å². The molecule has 1 N–H and O–H groups in total. The normalized spacial score (nSPS) is 11.0. The van der Waals surface area contributed by atoms with Crippen LogP contribution in [0.1, 0.15) is 11.1 Å². The molecule has 0 aliphatic carbocycles. The Balaban J connectivity index is 1.79. The first-order chi connectivity index (χ1) is 15.1. The van der Waals surface area contributed by atoms with Gasteiger partial charge in [-0.3, -0.25) is 0 Å². The van der Waals surface area contributed by atoms with E-state index in [1.54, 1.807) is 6.07 Å². The van der Waals surface area contributed by atoms with Crippen LogP contribution >= 0.6 is 0 Å². The highest BCUT2D eigenvalue weighted by Crippen LogP contribution is 2.36. The number of hydrogen-bond acceptors (Lipinski definition) is 4. The fourth-order valence-electron chi connectivity index (χ4n) is 3.65. The molecule has 31 heavy (non-hydrogen) atoms. The van der Waals surface area contributed by atoms with E-state index in [2.05, 4.69) is 13.8 Å². The second kappa shape index (κ2) is 7.65. The van der Waals surface area contributed by atoms with E-state index in [9.17, 15) is 5.11 Å². The molecule has 0 aliphatic rings. The average Bonchev–Trinajstić information content (AvgIpc) is 2.79. The van der Waals surface area contributed by atoms with E-state index >= 15 is 0 Å². The summed E-state index contributed by atoms with van der Waals surface area (Å²) in [5, 5.41) is 12.7. The minimum Gasteiger partial charge on any atom is -0.507 e. The molecule has 0 aliphatic heterocycles. The molecular weight excluding hydrogens is 382 g/mol. The summed E-state index contributed by atoms with van der Waals surface area (Å²) in [4.78, 5) is 14.3. The van der Waals surface area contributed by atoms with Gasteiger partial charge in [-0.2, -0.15) is 0 Å². The van der Waals surface area contributed by atoms with Gasteiger partial charge in [-0.1, -0.05) is 90.0 Å². The van der Waals surface area contributed by atoms with Gasteiger partial charge < -0.3 is 5.11 Å². The minimum atomic E-state index is 0.148. The largest absolute Gasteiger partial charge is 0.507 e. The zero-order chi connectivity index (χ0) is 21.4. The van der Waals surface area contributed by atoms with Crippen molar-refractivity contribution in [1.29, 1.82) is 0 Å². The van der Waals surface area contributed by atoms with Crippen LogP contribution in [-0.4, -0.2) is 20.1 Å². The van der Waals surface area contributed by atoms with E-state index < -0.39 is 0 Å². The summed E-state index contributed by atoms with van der Waals surface area (Å²) in [6.07, 6.45) is 0. The zero-order valence-corrected chi connectivity index (χ0v) is 17.4. The highest BCUT2D eigenvalue weighted by Gasteiger charge is 2.17. The molecule has 150 valence electrons. The molecule has 0 saturated carbocycles. The van der Waals surface area contributed by atoms with Gasteiger partial charge in [0.2, 0.25) is 0 Å². The predicted octanol–water partition coefficient (Wildman–Crippen LogP) is 6.35. The van der Waals surface area contributed by atoms with Gasteiger partial charge in [0, 0.05) is 11.1 Å². The number of phenols is 1. The summed E-state index contributed by atoms with van der Waals surface area (Å²) in [5.74, 6) is 1.76. The van der Waals surface area contributed by atoms with E-state index in [0.29, 0.717) is 23.0 Å². The lowest BCUT2D eigenvalue weighted by atomic mass is 10.0. The number of nitrogens with zero attached hydrogens (tertiary/aromatic N) is 3. The van der Waals surface area contributed by atoms with Gasteiger partial charge in [0.25, 0.3) is 0 Å². The second-order valence-electron chi connectivity index (χ2n) is 7.72. The SMILES string of the molecule is Cc1ccc(-c2nc(-c3ccc(C)cc3)nc(-c3c(O)ccc4ccccc34)n2)cc1. The fraction of sp³-hybridized carbons (Fsp3) is 0.0741. The topological polar surface area (TPSA) is 58.9 Å². The fourth-order valence-corrected chi connectivity index (χ4v) is 3.65. The first-order valence-corrected chi connectivity index (χ1v) is 10.2. The third-order valence-electron chi connectivity index (χ3n) is 5.39. The third-order valence-corrected chi connectivity index (χ3v) is 5.39. The van der Waals surface area contributed by atoms with Gasteiger partial charge in [0.1, 0.15) is 5.75 Å². The first-order valence-electron chi connectivity index (χ1n) is 10.2. The summed E-state index contributed by atoms with van der Waals surface area (Å²) in [6, 6.07) is 27.7. The van der Waals surface area contributed by atoms with Crippen molar-refractivity contribution >= 4 is 10.8 Å². The van der Waals surface area contributed by atoms with Crippen molar-refractivity contribution < 1.29 is 5.11 Å². The molecule has 0 spiro atoms. The number of rotatable bonds is 3. The standard InChI is InChI=1S/C27H21N3O/c1-17-7-11-20(12-8-17)25-28-26(21-13-9-18(2)10-14-21)30-27(29-25)24-22-6-4-3-5-19(22)15-16-23(24)31/h3-16,31H,1-2H3. The molecule has 0 amide bonds. The summed E-state index contributed by atoms with van der Waals surface area (Å²) < 4.78 is 0. The van der Waals surface area contributed by atoms with Crippen molar-refractivity contribution in [1.82, 2.24) is 15.0 Å². The van der Waals surface area contributed by atoms with Crippen LogP contribution < -0.4 is 0 Å². The Labute approximate surface area is 180 Å². The second-order valence-corrected chi connectivity index (χ2v) is 7.72. The molecule has 4 heteroatoms. The summed E-state index contributed by atoms with van der Waals surface area (Å²) >= 11 is 0. The number of aryl methyl sites for hydroxylation is 2. The van der Waals surface area contributed by atoms with Crippen LogP contribution in [0.4, 0.5) is 0 Å². The lowest BCUT2D eigenvalue weighted by Gasteiger charge is -2.12. The molecule has 0 radical (unpaired) electrons. The van der Waals surface area contributed by atoms with Crippen molar-refractivity contribution in [3.05, 3.63) is 96.1 Å². The number of benzene rings is 4. The van der Waals surface area contributed by atoms with Crippen LogP contribution in [0.5, 0.6) is 5.75 Å². The van der Waals surface area contributed by atoms with E-state index in [1.165, 1.54) is 11.1 Å². The number of aromatic nitrogens is 3. The molecule has 1 heterocycles. The van der Waals surface area contributed by atoms with Gasteiger partial charge in [-0.15, -0.1) is 0 Å². The Bertz CT molecular complexity index is 1330. The molecule has 0 unspecified atom stereocenters. The maximum absolute atomic E-state index is 10.8. The number of phenolic OH excluding ortho intramolecular Hbond substituents is 1. The Morgan fingerprint density at radius 3 is 1.65 bits per heavy atom. The molecular formula is C27H21N3O. The van der Waals surface area contributed by atoms with E-state index in [1.807, 2.05) is 78.9 Å². The molecule has 5 rings (SSSR count). The first kappa shape index (κ1) is 18.9. The van der Waals surface area contributed by atoms with E-state index in [0.717, 1.165) is 21.9 Å². The molecule has 5 aromatic rings. The minimum absolute atomic E-state index is 0.148. The maximum Gasteiger partial charge on any atom is 0.168 e. The zero-order valence-electron chi connectivity index (χ0n) is 17.4. The number of hydrogen-bond donors (Lipinski definition) is 1. The van der Waals surface area contributed by atoms with Gasteiger partial charge in [0.15, 0.2) is 17.5 Å². The molecule has 0 atom stereocenters. The third kappa shape index (κ3) is 3.64. The van der Waals surface area contributed by atoms with Crippen LogP contribution in [0.3, 0.4) is 0 Å². The Morgan fingerprint density at radius 1 is 0.548 bits per heavy atom. The molecule has 4 aromatic carbocycles. The highest BCUT2D eigenvalue weighted by molar-refractivity contribution is 5.98. The molecule has 0 fully saturated rings. The monoisotopic (exact) mass is 403 g/mol. The summed E-state index contributed by atoms with van der Waals surface area (Å²) in [6.45, 7) is 4.10. The lowest BCUT2D eigenvalue weighted by Crippen LogP contribution is -2.01. The van der Waals surface area contributed by atoms with Crippen molar-refractivity contribution in [2.45, 2.75) is 13.8 Å². The number of fused-ring (bicyclic) bond motifs is 1. The molecule has 0 saturated heterocycles. The highest BCUT2D eigenvalue weighted by atomic mass is 16.3. The Morgan fingerprint density at radius 2 is 1.06 bits per heavy atom. The van der Waals surface area contributed by atoms with E-state index in [4.69, 9.17) is 15.0 Å². The van der Waals surface area contributed by atoms with Crippen molar-refractivity contribution in [2.24, 2.45) is 0 Å². The van der Waals surface area contributed by atoms with Gasteiger partial charge in [-0.25, -0.2) is 15.0 Å². The van der Waals surface area contributed by atoms with E-state index in [-0.39, 0.29) is 5.75 Å². The van der Waals surface area contributed by atoms with Crippen molar-refractivity contribution in [3.63, 3.8) is 0 Å². The van der Waals surface area contributed by atoms with Gasteiger partial charge in [-0.05, 0) is 30.7 Å². The quantitative estimate of drug-likeness (QED) is 0.381. The summed E-state index contributed by atoms with van der Waals surface area (Å²) in [7, 11) is 0. The Hall–Kier alpha value is -4.05. The maximum atomic E-state index is 10.8. The predicted molar refractivity (Wildman–Crippen MR) is 125 cm³/mol. The molecule has 4 nitrogen and oxygen atoms in total. The van der Waals surface area contributed by atoms with Crippen LogP contribution in [0.2, 0.25) is 0 Å². The van der Waals surface area contributed by atoms with Crippen molar-refractivity contribution in [3.8, 4) is 39.9 Å². The van der Waals surface area contributed by atoms with Crippen LogP contribution in [0.25, 0.3) is 44.9 Å². The van der Waals surface area contributed by atoms with Gasteiger partial charge in [0.05, 0.1) is 5.56 Å². The summed E-state index contributed by atoms with van der Waals surface area (Å²) in [5.41, 5.74) is 4.76. The molecule has 1 aromatic heterocycles. The lowest BCUT2D eigenvalue weighted by molar-refractivity contribution is 0.477. The smallest absolute Gasteiger partial charge is 0.168 e. The van der Waals surface area contributed by atoms with Crippen LogP contribution in [0.15, 0.2) is 84.9 Å². The average molecular weight is 403 g/mol. The molecule has 0 bridgehead atoms.